The van der Waals surface area contributed by atoms with E-state index >= 15 is 0 Å². The molecule has 1 amide bonds. The summed E-state index contributed by atoms with van der Waals surface area (Å²) in [5.41, 5.74) is 1.10. The largest absolute Gasteiger partial charge is 0.496 e. The third kappa shape index (κ3) is 4.54. The second-order valence-corrected chi connectivity index (χ2v) is 8.92. The molecule has 3 rings (SSSR count). The van der Waals surface area contributed by atoms with Crippen LogP contribution in [0.5, 0.6) is 5.75 Å². The van der Waals surface area contributed by atoms with Gasteiger partial charge in [0.25, 0.3) is 5.91 Å². The number of hydrogen-bond acceptors (Lipinski definition) is 5. The Hall–Kier alpha value is -1.94. The van der Waals surface area contributed by atoms with Crippen LogP contribution in [0.4, 0.5) is 0 Å². The van der Waals surface area contributed by atoms with Crippen LogP contribution in [0, 0.1) is 0 Å². The minimum absolute atomic E-state index is 0.0688. The van der Waals surface area contributed by atoms with Crippen LogP contribution in [-0.2, 0) is 21.3 Å². The number of sulfonamides is 1. The van der Waals surface area contributed by atoms with Gasteiger partial charge >= 0.3 is 0 Å². The highest BCUT2D eigenvalue weighted by molar-refractivity contribution is 9.10. The van der Waals surface area contributed by atoms with E-state index in [2.05, 4.69) is 21.2 Å². The highest BCUT2D eigenvalue weighted by Gasteiger charge is 2.29. The van der Waals surface area contributed by atoms with E-state index in [0.717, 1.165) is 5.56 Å². The predicted molar refractivity (Wildman–Crippen MR) is 108 cm³/mol. The number of halogens is 1. The molecular weight excluding hydrogens is 448 g/mol. The van der Waals surface area contributed by atoms with Crippen LogP contribution in [0.2, 0.25) is 0 Å². The summed E-state index contributed by atoms with van der Waals surface area (Å²) in [6.07, 6.45) is 0. The standard InChI is InChI=1S/C19H21BrN2O5S/c1-26-17-5-3-2-4-15(17)13-21-19(23)14-6-7-16(20)18(12-14)28(24,25)22-8-10-27-11-9-22/h2-7,12H,8-11,13H2,1H3,(H,21,23). The van der Waals surface area contributed by atoms with Gasteiger partial charge in [0.1, 0.15) is 5.75 Å². The lowest BCUT2D eigenvalue weighted by molar-refractivity contribution is 0.0730. The van der Waals surface area contributed by atoms with Gasteiger partial charge in [-0.15, -0.1) is 0 Å². The Kier molecular flexibility index (Phi) is 6.71. The van der Waals surface area contributed by atoms with Gasteiger partial charge in [0.05, 0.1) is 25.2 Å². The van der Waals surface area contributed by atoms with Crippen molar-refractivity contribution in [3.63, 3.8) is 0 Å². The highest BCUT2D eigenvalue weighted by atomic mass is 79.9. The maximum absolute atomic E-state index is 12.9. The number of benzene rings is 2. The molecule has 7 nitrogen and oxygen atoms in total. The van der Waals surface area contributed by atoms with Crippen molar-refractivity contribution >= 4 is 31.9 Å². The normalized spacial score (nSPS) is 15.2. The molecule has 9 heteroatoms. The minimum atomic E-state index is -3.72. The van der Waals surface area contributed by atoms with Crippen molar-refractivity contribution in [1.29, 1.82) is 0 Å². The summed E-state index contributed by atoms with van der Waals surface area (Å²) in [6.45, 7) is 1.56. The Labute approximate surface area is 172 Å². The van der Waals surface area contributed by atoms with Gasteiger partial charge in [-0.2, -0.15) is 4.31 Å². The first-order chi connectivity index (χ1) is 13.4. The van der Waals surface area contributed by atoms with Crippen LogP contribution < -0.4 is 10.1 Å². The van der Waals surface area contributed by atoms with Crippen LogP contribution in [-0.4, -0.2) is 52.0 Å². The number of nitrogens with zero attached hydrogens (tertiary/aromatic N) is 1. The van der Waals surface area contributed by atoms with Crippen molar-refractivity contribution in [1.82, 2.24) is 9.62 Å². The molecule has 0 spiro atoms. The number of nitrogens with one attached hydrogen (secondary N) is 1. The van der Waals surface area contributed by atoms with Crippen molar-refractivity contribution in [3.8, 4) is 5.75 Å². The van der Waals surface area contributed by atoms with Gasteiger partial charge in [-0.05, 0) is 40.2 Å². The third-order valence-corrected chi connectivity index (χ3v) is 7.31. The van der Waals surface area contributed by atoms with Crippen molar-refractivity contribution in [2.24, 2.45) is 0 Å². The molecule has 2 aromatic rings. The van der Waals surface area contributed by atoms with Crippen LogP contribution in [0.15, 0.2) is 51.8 Å². The summed E-state index contributed by atoms with van der Waals surface area (Å²) in [4.78, 5) is 12.7. The van der Waals surface area contributed by atoms with E-state index in [9.17, 15) is 13.2 Å². The van der Waals surface area contributed by atoms with Crippen molar-refractivity contribution < 1.29 is 22.7 Å². The minimum Gasteiger partial charge on any atom is -0.496 e. The summed E-state index contributed by atoms with van der Waals surface area (Å²) in [5, 5.41) is 2.80. The number of morpholine rings is 1. The molecule has 2 aromatic carbocycles. The first-order valence-electron chi connectivity index (χ1n) is 8.71. The molecule has 1 saturated heterocycles. The number of carbonyl (C=O) groups is 1. The van der Waals surface area contributed by atoms with Crippen molar-refractivity contribution in [3.05, 3.63) is 58.1 Å². The number of methoxy groups -OCH3 is 1. The van der Waals surface area contributed by atoms with E-state index < -0.39 is 10.0 Å². The quantitative estimate of drug-likeness (QED) is 0.703. The highest BCUT2D eigenvalue weighted by Crippen LogP contribution is 2.27. The Morgan fingerprint density at radius 2 is 1.93 bits per heavy atom. The lowest BCUT2D eigenvalue weighted by Crippen LogP contribution is -2.40. The van der Waals surface area contributed by atoms with Gasteiger partial charge in [-0.25, -0.2) is 8.42 Å². The zero-order chi connectivity index (χ0) is 20.1. The predicted octanol–water partition coefficient (Wildman–Crippen LogP) is 2.41. The summed E-state index contributed by atoms with van der Waals surface area (Å²) < 4.78 is 38.2. The van der Waals surface area contributed by atoms with Gasteiger partial charge in [0.2, 0.25) is 10.0 Å². The van der Waals surface area contributed by atoms with Gasteiger partial charge < -0.3 is 14.8 Å². The molecular formula is C19H21BrN2O5S. The molecule has 150 valence electrons. The van der Waals surface area contributed by atoms with Gasteiger partial charge in [0.15, 0.2) is 0 Å². The molecule has 0 bridgehead atoms. The number of rotatable bonds is 6. The molecule has 0 atom stereocenters. The summed E-state index contributed by atoms with van der Waals surface area (Å²) >= 11 is 3.29. The summed E-state index contributed by atoms with van der Waals surface area (Å²) in [5.74, 6) is 0.311. The fourth-order valence-corrected chi connectivity index (χ4v) is 5.25. The monoisotopic (exact) mass is 468 g/mol. The van der Waals surface area contributed by atoms with Crippen LogP contribution >= 0.6 is 15.9 Å². The fraction of sp³-hybridized carbons (Fsp3) is 0.316. The maximum atomic E-state index is 12.9. The lowest BCUT2D eigenvalue weighted by atomic mass is 10.1. The van der Waals surface area contributed by atoms with Gasteiger partial charge in [0, 0.05) is 35.2 Å². The molecule has 1 fully saturated rings. The van der Waals surface area contributed by atoms with Crippen LogP contribution in [0.3, 0.4) is 0 Å². The smallest absolute Gasteiger partial charge is 0.251 e. The van der Waals surface area contributed by atoms with E-state index in [1.807, 2.05) is 24.3 Å². The van der Waals surface area contributed by atoms with E-state index in [1.54, 1.807) is 19.2 Å². The SMILES string of the molecule is COc1ccccc1CNC(=O)c1ccc(Br)c(S(=O)(=O)N2CCOCC2)c1. The second kappa shape index (κ2) is 9.04. The summed E-state index contributed by atoms with van der Waals surface area (Å²) in [6, 6.07) is 11.9. The average Bonchev–Trinajstić information content (AvgIpc) is 2.73. The molecule has 1 heterocycles. The van der Waals surface area contributed by atoms with E-state index in [-0.39, 0.29) is 22.9 Å². The number of ether oxygens (including phenoxy) is 2. The molecule has 1 aliphatic heterocycles. The molecule has 1 N–H and O–H groups in total. The van der Waals surface area contributed by atoms with E-state index in [0.29, 0.717) is 36.5 Å². The molecule has 0 saturated carbocycles. The number of hydrogen-bond donors (Lipinski definition) is 1. The van der Waals surface area contributed by atoms with Gasteiger partial charge in [-0.3, -0.25) is 4.79 Å². The zero-order valence-corrected chi connectivity index (χ0v) is 17.8. The van der Waals surface area contributed by atoms with Crippen molar-refractivity contribution in [2.75, 3.05) is 33.4 Å². The fourth-order valence-electron chi connectivity index (χ4n) is 2.89. The first kappa shape index (κ1) is 20.8. The van der Waals surface area contributed by atoms with Crippen LogP contribution in [0.1, 0.15) is 15.9 Å². The molecule has 28 heavy (non-hydrogen) atoms. The Morgan fingerprint density at radius 3 is 2.64 bits per heavy atom. The van der Waals surface area contributed by atoms with E-state index in [4.69, 9.17) is 9.47 Å². The Bertz CT molecular complexity index is 959. The Morgan fingerprint density at radius 1 is 1.21 bits per heavy atom. The molecule has 0 aliphatic carbocycles. The summed E-state index contributed by atoms with van der Waals surface area (Å²) in [7, 11) is -2.15. The Balaban J connectivity index is 1.79. The second-order valence-electron chi connectivity index (χ2n) is 6.16. The molecule has 0 aromatic heterocycles. The third-order valence-electron chi connectivity index (χ3n) is 4.41. The van der Waals surface area contributed by atoms with Crippen LogP contribution in [0.25, 0.3) is 0 Å². The molecule has 0 unspecified atom stereocenters. The zero-order valence-electron chi connectivity index (χ0n) is 15.4. The average molecular weight is 469 g/mol. The first-order valence-corrected chi connectivity index (χ1v) is 10.9. The van der Waals surface area contributed by atoms with Crippen molar-refractivity contribution in [2.45, 2.75) is 11.4 Å². The van der Waals surface area contributed by atoms with E-state index in [1.165, 1.54) is 10.4 Å². The lowest BCUT2D eigenvalue weighted by Gasteiger charge is -2.26. The molecule has 1 aliphatic rings. The number of carbonyl (C=O) groups excluding carboxylic acids is 1. The molecule has 0 radical (unpaired) electrons. The maximum Gasteiger partial charge on any atom is 0.251 e. The number of amides is 1. The van der Waals surface area contributed by atoms with Gasteiger partial charge in [-0.1, -0.05) is 18.2 Å². The number of para-hydroxylation sites is 1. The topological polar surface area (TPSA) is 84.9 Å².